The Kier molecular flexibility index (Phi) is 3.94. The van der Waals surface area contributed by atoms with Crippen LogP contribution in [0.3, 0.4) is 0 Å². The molecule has 0 bridgehead atoms. The van der Waals surface area contributed by atoms with Gasteiger partial charge in [-0.15, -0.1) is 5.10 Å². The zero-order valence-corrected chi connectivity index (χ0v) is 10.6. The van der Waals surface area contributed by atoms with Crippen molar-refractivity contribution in [1.82, 2.24) is 15.2 Å². The molecule has 1 aromatic heterocycles. The first kappa shape index (κ1) is 13.5. The normalized spacial score (nSPS) is 10.1. The number of hydrogen-bond acceptors (Lipinski definition) is 5. The molecule has 0 saturated heterocycles. The Labute approximate surface area is 113 Å². The number of nitrogens with zero attached hydrogens (tertiary/aromatic N) is 2. The molecule has 0 atom stereocenters. The van der Waals surface area contributed by atoms with E-state index in [1.807, 2.05) is 0 Å². The van der Waals surface area contributed by atoms with Crippen LogP contribution >= 0.6 is 0 Å². The number of hydrogen-bond donors (Lipinski definition) is 3. The molecule has 0 aliphatic heterocycles. The number of ether oxygens (including phenoxy) is 1. The average molecular weight is 276 g/mol. The van der Waals surface area contributed by atoms with Crippen LogP contribution in [-0.2, 0) is 4.79 Å². The maximum atomic E-state index is 11.8. The predicted octanol–water partition coefficient (Wildman–Crippen LogP) is 0.829. The van der Waals surface area contributed by atoms with Crippen LogP contribution in [0, 0.1) is 6.92 Å². The first-order valence-electron chi connectivity index (χ1n) is 5.69. The highest BCUT2D eigenvalue weighted by Crippen LogP contribution is 2.17. The van der Waals surface area contributed by atoms with E-state index >= 15 is 0 Å². The van der Waals surface area contributed by atoms with Crippen molar-refractivity contribution in [3.63, 3.8) is 0 Å². The lowest BCUT2D eigenvalue weighted by Crippen LogP contribution is -2.14. The highest BCUT2D eigenvalue weighted by Gasteiger charge is 2.11. The van der Waals surface area contributed by atoms with E-state index in [-0.39, 0.29) is 5.82 Å². The zero-order valence-electron chi connectivity index (χ0n) is 10.6. The third-order valence-corrected chi connectivity index (χ3v) is 2.25. The third-order valence-electron chi connectivity index (χ3n) is 2.25. The Hall–Kier alpha value is -2.90. The van der Waals surface area contributed by atoms with E-state index in [4.69, 9.17) is 9.84 Å². The first-order chi connectivity index (χ1) is 9.54. The van der Waals surface area contributed by atoms with Gasteiger partial charge in [-0.2, -0.15) is 0 Å². The highest BCUT2D eigenvalue weighted by molar-refractivity contribution is 6.01. The summed E-state index contributed by atoms with van der Waals surface area (Å²) in [6.45, 7) is 1.24. The molecule has 0 radical (unpaired) electrons. The fourth-order valence-corrected chi connectivity index (χ4v) is 1.44. The minimum atomic E-state index is -1.07. The van der Waals surface area contributed by atoms with Crippen molar-refractivity contribution in [2.24, 2.45) is 0 Å². The van der Waals surface area contributed by atoms with Crippen molar-refractivity contribution in [2.75, 3.05) is 11.9 Å². The Morgan fingerprint density at radius 3 is 2.90 bits per heavy atom. The fraction of sp³-hybridized carbons (Fsp3) is 0.167. The average Bonchev–Trinajstić information content (AvgIpc) is 2.84. The lowest BCUT2D eigenvalue weighted by atomic mass is 10.3. The van der Waals surface area contributed by atoms with Gasteiger partial charge in [-0.1, -0.05) is 6.07 Å². The molecule has 8 heteroatoms. The number of carboxylic acids is 1. The maximum absolute atomic E-state index is 11.8. The standard InChI is InChI=1S/C12H12N4O4/c1-7-13-11(16-15-7)12(19)14-8-3-2-4-9(5-8)20-6-10(17)18/h2-5H,6H2,1H3,(H,14,19)(H,17,18)(H,13,15,16). The molecule has 2 aromatic rings. The Morgan fingerprint density at radius 1 is 1.45 bits per heavy atom. The molecule has 20 heavy (non-hydrogen) atoms. The molecule has 2 rings (SSSR count). The van der Waals surface area contributed by atoms with Gasteiger partial charge in [-0.05, 0) is 19.1 Å². The second kappa shape index (κ2) is 5.83. The summed E-state index contributed by atoms with van der Waals surface area (Å²) in [5.74, 6) is -0.634. The van der Waals surface area contributed by atoms with Crippen LogP contribution in [0.25, 0.3) is 0 Å². The Morgan fingerprint density at radius 2 is 2.25 bits per heavy atom. The van der Waals surface area contributed by atoms with Gasteiger partial charge < -0.3 is 15.2 Å². The molecule has 3 N–H and O–H groups in total. The van der Waals surface area contributed by atoms with Crippen LogP contribution in [0.2, 0.25) is 0 Å². The molecule has 0 spiro atoms. The number of aromatic amines is 1. The summed E-state index contributed by atoms with van der Waals surface area (Å²) in [6, 6.07) is 6.39. The lowest BCUT2D eigenvalue weighted by molar-refractivity contribution is -0.139. The number of anilines is 1. The molecule has 1 aromatic carbocycles. The van der Waals surface area contributed by atoms with Gasteiger partial charge in [-0.25, -0.2) is 9.78 Å². The van der Waals surface area contributed by atoms with E-state index in [0.717, 1.165) is 0 Å². The molecule has 8 nitrogen and oxygen atoms in total. The number of aryl methyl sites for hydroxylation is 1. The van der Waals surface area contributed by atoms with Gasteiger partial charge in [0.25, 0.3) is 5.91 Å². The van der Waals surface area contributed by atoms with Crippen molar-refractivity contribution >= 4 is 17.6 Å². The summed E-state index contributed by atoms with van der Waals surface area (Å²) in [4.78, 5) is 26.1. The Bertz CT molecular complexity index is 638. The summed E-state index contributed by atoms with van der Waals surface area (Å²) >= 11 is 0. The number of carbonyl (C=O) groups excluding carboxylic acids is 1. The number of benzene rings is 1. The molecule has 0 aliphatic carbocycles. The largest absolute Gasteiger partial charge is 0.482 e. The van der Waals surface area contributed by atoms with Crippen LogP contribution in [0.5, 0.6) is 5.75 Å². The van der Waals surface area contributed by atoms with Gasteiger partial charge >= 0.3 is 5.97 Å². The zero-order chi connectivity index (χ0) is 14.5. The first-order valence-corrected chi connectivity index (χ1v) is 5.69. The van der Waals surface area contributed by atoms with Gasteiger partial charge in [0.15, 0.2) is 6.61 Å². The van der Waals surface area contributed by atoms with Crippen molar-refractivity contribution in [2.45, 2.75) is 6.92 Å². The number of amides is 1. The van der Waals surface area contributed by atoms with Crippen LogP contribution < -0.4 is 10.1 Å². The smallest absolute Gasteiger partial charge is 0.341 e. The molecule has 0 aliphatic rings. The van der Waals surface area contributed by atoms with Crippen LogP contribution in [0.15, 0.2) is 24.3 Å². The monoisotopic (exact) mass is 276 g/mol. The second-order valence-corrected chi connectivity index (χ2v) is 3.91. The molecule has 0 fully saturated rings. The molecule has 0 saturated carbocycles. The van der Waals surface area contributed by atoms with E-state index in [1.54, 1.807) is 25.1 Å². The quantitative estimate of drug-likeness (QED) is 0.744. The number of carboxylic acid groups (broad SMARTS) is 1. The topological polar surface area (TPSA) is 117 Å². The van der Waals surface area contributed by atoms with Gasteiger partial charge in [0.1, 0.15) is 11.6 Å². The molecular weight excluding hydrogens is 264 g/mol. The number of aromatic nitrogens is 3. The van der Waals surface area contributed by atoms with Crippen LogP contribution in [0.4, 0.5) is 5.69 Å². The Balaban J connectivity index is 2.04. The van der Waals surface area contributed by atoms with Crippen molar-refractivity contribution in [3.05, 3.63) is 35.9 Å². The maximum Gasteiger partial charge on any atom is 0.341 e. The second-order valence-electron chi connectivity index (χ2n) is 3.91. The van der Waals surface area contributed by atoms with E-state index in [9.17, 15) is 9.59 Å². The minimum Gasteiger partial charge on any atom is -0.482 e. The lowest BCUT2D eigenvalue weighted by Gasteiger charge is -2.06. The summed E-state index contributed by atoms with van der Waals surface area (Å²) in [5.41, 5.74) is 0.459. The summed E-state index contributed by atoms with van der Waals surface area (Å²) in [5, 5.41) is 17.4. The number of nitrogens with one attached hydrogen (secondary N) is 2. The summed E-state index contributed by atoms with van der Waals surface area (Å²) in [7, 11) is 0. The predicted molar refractivity (Wildman–Crippen MR) is 68.6 cm³/mol. The number of H-pyrrole nitrogens is 1. The number of aliphatic carboxylic acids is 1. The molecule has 1 heterocycles. The highest BCUT2D eigenvalue weighted by atomic mass is 16.5. The SMILES string of the molecule is Cc1nc(C(=O)Nc2cccc(OCC(=O)O)c2)n[nH]1. The summed E-state index contributed by atoms with van der Waals surface area (Å²) < 4.78 is 5.01. The van der Waals surface area contributed by atoms with E-state index in [1.165, 1.54) is 6.07 Å². The minimum absolute atomic E-state index is 0.0272. The molecule has 1 amide bonds. The molecular formula is C12H12N4O4. The number of carbonyl (C=O) groups is 2. The molecule has 104 valence electrons. The van der Waals surface area contributed by atoms with E-state index in [2.05, 4.69) is 20.5 Å². The van der Waals surface area contributed by atoms with Gasteiger partial charge in [0.2, 0.25) is 5.82 Å². The fourth-order valence-electron chi connectivity index (χ4n) is 1.44. The molecule has 0 unspecified atom stereocenters. The van der Waals surface area contributed by atoms with E-state index in [0.29, 0.717) is 17.3 Å². The van der Waals surface area contributed by atoms with E-state index < -0.39 is 18.5 Å². The van der Waals surface area contributed by atoms with Gasteiger partial charge in [0, 0.05) is 11.8 Å². The van der Waals surface area contributed by atoms with Crippen LogP contribution in [-0.4, -0.2) is 38.8 Å². The van der Waals surface area contributed by atoms with Gasteiger partial charge in [-0.3, -0.25) is 9.89 Å². The van der Waals surface area contributed by atoms with Crippen molar-refractivity contribution < 1.29 is 19.4 Å². The van der Waals surface area contributed by atoms with Crippen molar-refractivity contribution in [1.29, 1.82) is 0 Å². The number of rotatable bonds is 5. The third kappa shape index (κ3) is 3.55. The van der Waals surface area contributed by atoms with Crippen molar-refractivity contribution in [3.8, 4) is 5.75 Å². The van der Waals surface area contributed by atoms with Gasteiger partial charge in [0.05, 0.1) is 0 Å². The summed E-state index contributed by atoms with van der Waals surface area (Å²) in [6.07, 6.45) is 0. The van der Waals surface area contributed by atoms with Crippen LogP contribution in [0.1, 0.15) is 16.4 Å².